The van der Waals surface area contributed by atoms with E-state index in [4.69, 9.17) is 0 Å². The Labute approximate surface area is 39.9 Å². The second kappa shape index (κ2) is 4.24. The van der Waals surface area contributed by atoms with E-state index < -0.39 is 0 Å². The molecular weight excluding hydrogens is 104 g/mol. The van der Waals surface area contributed by atoms with E-state index in [1.54, 1.807) is 0 Å². The molecule has 0 spiro atoms. The topological polar surface area (TPSA) is 17.1 Å². The van der Waals surface area contributed by atoms with Gasteiger partial charge in [0.1, 0.15) is 0 Å². The lowest BCUT2D eigenvalue weighted by molar-refractivity contribution is 0.701. The highest BCUT2D eigenvalue weighted by molar-refractivity contribution is 7.82. The molecule has 0 aliphatic rings. The van der Waals surface area contributed by atoms with E-state index in [2.05, 4.69) is 12.6 Å². The van der Waals surface area contributed by atoms with Crippen LogP contribution in [0.1, 0.15) is 0 Å². The van der Waals surface area contributed by atoms with Gasteiger partial charge in [-0.1, -0.05) is 0 Å². The molecule has 5 heavy (non-hydrogen) atoms. The smallest absolute Gasteiger partial charge is 0.0849 e. The zero-order chi connectivity index (χ0) is 4.12. The van der Waals surface area contributed by atoms with Crippen molar-refractivity contribution in [3.8, 4) is 0 Å². The van der Waals surface area contributed by atoms with Crippen LogP contribution in [0.5, 0.6) is 0 Å². The number of thiol groups is 1. The van der Waals surface area contributed by atoms with Gasteiger partial charge in [-0.3, -0.25) is 0 Å². The molecule has 0 aromatic heterocycles. The van der Waals surface area contributed by atoms with Gasteiger partial charge in [-0.05, 0) is 0 Å². The monoisotopic (exact) mass is 108 g/mol. The zero-order valence-electron chi connectivity index (χ0n) is 2.55. The molecule has 0 rings (SSSR count). The zero-order valence-corrected chi connectivity index (χ0v) is 4.26. The van der Waals surface area contributed by atoms with Crippen molar-refractivity contribution in [1.29, 1.82) is 0 Å². The summed E-state index contributed by atoms with van der Waals surface area (Å²) in [5, 5.41) is 1.48. The minimum Gasteiger partial charge on any atom is -0.213 e. The van der Waals surface area contributed by atoms with Crippen LogP contribution in [0.3, 0.4) is 0 Å². The van der Waals surface area contributed by atoms with Crippen molar-refractivity contribution in [1.82, 2.24) is 0 Å². The van der Waals surface area contributed by atoms with Crippen molar-refractivity contribution in [3.05, 3.63) is 0 Å². The Kier molecular flexibility index (Phi) is 4.44. The summed E-state index contributed by atoms with van der Waals surface area (Å²) in [5.74, 6) is 0.564. The van der Waals surface area contributed by atoms with Crippen molar-refractivity contribution in [3.63, 3.8) is 0 Å². The van der Waals surface area contributed by atoms with E-state index in [0.717, 1.165) is 0 Å². The fraction of sp³-hybridized carbons (Fsp3) is 0.500. The average Bonchev–Trinajstić information content (AvgIpc) is 1.41. The van der Waals surface area contributed by atoms with E-state index in [1.807, 2.05) is 0 Å². The highest BCUT2D eigenvalue weighted by Crippen LogP contribution is 1.57. The molecule has 0 aromatic rings. The maximum atomic E-state index is 9.34. The molecule has 0 saturated carbocycles. The first-order valence-electron chi connectivity index (χ1n) is 1.13. The summed E-state index contributed by atoms with van der Waals surface area (Å²) in [5.41, 5.74) is 0. The molecule has 0 amide bonds. The lowest BCUT2D eigenvalue weighted by Gasteiger charge is -1.55. The molecule has 0 heterocycles. The van der Waals surface area contributed by atoms with Crippen molar-refractivity contribution in [2.45, 2.75) is 0 Å². The van der Waals surface area contributed by atoms with Crippen LogP contribution in [0.15, 0.2) is 0 Å². The van der Waals surface area contributed by atoms with Crippen LogP contribution < -0.4 is 0 Å². The molecule has 0 N–H and O–H groups in total. The van der Waals surface area contributed by atoms with Crippen LogP contribution in [-0.2, 0) is 11.3 Å². The summed E-state index contributed by atoms with van der Waals surface area (Å²) < 4.78 is 9.34. The van der Waals surface area contributed by atoms with Crippen LogP contribution in [0, 0.1) is 0 Å². The van der Waals surface area contributed by atoms with Gasteiger partial charge < -0.3 is 0 Å². The Morgan fingerprint density at radius 3 is 2.60 bits per heavy atom. The van der Waals surface area contributed by atoms with Crippen molar-refractivity contribution >= 4 is 29.3 Å². The first-order valence-corrected chi connectivity index (χ1v) is 2.56. The van der Waals surface area contributed by atoms with Crippen LogP contribution in [0.4, 0.5) is 0 Å². The minimum absolute atomic E-state index is 0.450. The van der Waals surface area contributed by atoms with Gasteiger partial charge in [0.25, 0.3) is 0 Å². The van der Waals surface area contributed by atoms with E-state index in [-0.39, 0.29) is 0 Å². The van der Waals surface area contributed by atoms with Gasteiger partial charge in [-0.15, -0.1) is 0 Å². The minimum atomic E-state index is 0.450. The molecule has 0 aromatic carbocycles. The second-order valence-electron chi connectivity index (χ2n) is 0.445. The standard InChI is InChI=1S/C2H4OS2/c3-5-2-1-4/h2,4H,1H2. The number of hydrogen-bond acceptors (Lipinski definition) is 2. The highest BCUT2D eigenvalue weighted by atomic mass is 32.1. The Balaban J connectivity index is 2.93. The summed E-state index contributed by atoms with van der Waals surface area (Å²) in [6, 6.07) is 0. The van der Waals surface area contributed by atoms with Crippen LogP contribution >= 0.6 is 12.6 Å². The molecule has 0 unspecified atom stereocenters. The van der Waals surface area contributed by atoms with E-state index in [1.165, 1.54) is 5.37 Å². The lowest BCUT2D eigenvalue weighted by Crippen LogP contribution is -1.65. The third kappa shape index (κ3) is 4.24. The SMILES string of the molecule is O=S=CCS. The Hall–Kier alpha value is 0.240. The predicted octanol–water partition coefficient (Wildman–Crippen LogP) is -0.0686. The summed E-state index contributed by atoms with van der Waals surface area (Å²) in [6.45, 7) is 0. The average molecular weight is 108 g/mol. The van der Waals surface area contributed by atoms with Crippen molar-refractivity contribution in [2.75, 3.05) is 5.75 Å². The third-order valence-electron chi connectivity index (χ3n) is 0.143. The Morgan fingerprint density at radius 1 is 2.00 bits per heavy atom. The molecule has 0 saturated heterocycles. The highest BCUT2D eigenvalue weighted by Gasteiger charge is 1.53. The van der Waals surface area contributed by atoms with Gasteiger partial charge in [-0.25, -0.2) is 4.21 Å². The van der Waals surface area contributed by atoms with Crippen LogP contribution in [0.2, 0.25) is 0 Å². The third-order valence-corrected chi connectivity index (χ3v) is 0.875. The van der Waals surface area contributed by atoms with E-state index in [0.29, 0.717) is 17.0 Å². The van der Waals surface area contributed by atoms with Gasteiger partial charge in [0, 0.05) is 11.1 Å². The molecule has 0 atom stereocenters. The Morgan fingerprint density at radius 2 is 2.60 bits per heavy atom. The normalized spacial score (nSPS) is 6.60. The molecule has 0 radical (unpaired) electrons. The number of hydrogen-bond donors (Lipinski definition) is 1. The first kappa shape index (κ1) is 5.24. The maximum Gasteiger partial charge on any atom is 0.0849 e. The molecule has 0 aliphatic carbocycles. The summed E-state index contributed by atoms with van der Waals surface area (Å²) in [6.07, 6.45) is 0. The van der Waals surface area contributed by atoms with E-state index in [9.17, 15) is 4.21 Å². The quantitative estimate of drug-likeness (QED) is 0.367. The van der Waals surface area contributed by atoms with Crippen molar-refractivity contribution < 1.29 is 4.21 Å². The van der Waals surface area contributed by atoms with Gasteiger partial charge in [0.15, 0.2) is 0 Å². The summed E-state index contributed by atoms with van der Waals surface area (Å²) >= 11 is 4.17. The molecule has 30 valence electrons. The first-order chi connectivity index (χ1) is 2.41. The van der Waals surface area contributed by atoms with Crippen LogP contribution in [0.25, 0.3) is 0 Å². The molecule has 0 aliphatic heterocycles. The second-order valence-corrected chi connectivity index (χ2v) is 1.34. The maximum absolute atomic E-state index is 9.34. The Bertz CT molecular complexity index is 54.7. The van der Waals surface area contributed by atoms with Gasteiger partial charge in [0.2, 0.25) is 0 Å². The lowest BCUT2D eigenvalue weighted by atomic mass is 11.0. The summed E-state index contributed by atoms with van der Waals surface area (Å²) in [4.78, 5) is 0. The fourth-order valence-corrected chi connectivity index (χ4v) is 0.274. The number of rotatable bonds is 1. The molecule has 3 heteroatoms. The van der Waals surface area contributed by atoms with E-state index >= 15 is 0 Å². The van der Waals surface area contributed by atoms with Crippen LogP contribution in [-0.4, -0.2) is 15.3 Å². The fourth-order valence-electron chi connectivity index (χ4n) is 0.0304. The largest absolute Gasteiger partial charge is 0.213 e. The van der Waals surface area contributed by atoms with Gasteiger partial charge in [-0.2, -0.15) is 12.6 Å². The van der Waals surface area contributed by atoms with Gasteiger partial charge >= 0.3 is 0 Å². The molecule has 0 fully saturated rings. The van der Waals surface area contributed by atoms with Gasteiger partial charge in [0.05, 0.1) is 11.3 Å². The van der Waals surface area contributed by atoms with Crippen molar-refractivity contribution in [2.24, 2.45) is 0 Å². The molecule has 1 nitrogen and oxygen atoms in total. The molecule has 0 bridgehead atoms. The molecular formula is C2H4OS2. The predicted molar refractivity (Wildman–Crippen MR) is 28.1 cm³/mol. The summed E-state index contributed by atoms with van der Waals surface area (Å²) in [7, 11) is 0.